The highest BCUT2D eigenvalue weighted by atomic mass is 16.5. The Morgan fingerprint density at radius 1 is 1.16 bits per heavy atom. The number of rotatable bonds is 6. The topological polar surface area (TPSA) is 21.3 Å². The third-order valence-electron chi connectivity index (χ3n) is 5.15. The fourth-order valence-electron chi connectivity index (χ4n) is 3.78. The van der Waals surface area contributed by atoms with Gasteiger partial charge in [0.05, 0.1) is 0 Å². The summed E-state index contributed by atoms with van der Waals surface area (Å²) in [4.78, 5) is 0. The van der Waals surface area contributed by atoms with Crippen LogP contribution in [-0.2, 0) is 6.42 Å². The second-order valence-corrected chi connectivity index (χ2v) is 8.14. The molecule has 2 aromatic carbocycles. The maximum atomic E-state index is 6.19. The van der Waals surface area contributed by atoms with E-state index in [1.165, 1.54) is 16.7 Å². The highest BCUT2D eigenvalue weighted by Gasteiger charge is 2.33. The molecule has 1 N–H and O–H groups in total. The van der Waals surface area contributed by atoms with E-state index < -0.39 is 0 Å². The average molecular weight is 338 g/mol. The van der Waals surface area contributed by atoms with Gasteiger partial charge in [-0.25, -0.2) is 0 Å². The fraction of sp³-hybridized carbons (Fsp3) is 0.478. The van der Waals surface area contributed by atoms with Gasteiger partial charge in [0.25, 0.3) is 0 Å². The Morgan fingerprint density at radius 2 is 1.92 bits per heavy atom. The molecule has 2 atom stereocenters. The van der Waals surface area contributed by atoms with Crippen molar-refractivity contribution in [1.82, 2.24) is 5.32 Å². The van der Waals surface area contributed by atoms with Crippen molar-refractivity contribution in [2.75, 3.05) is 6.54 Å². The third kappa shape index (κ3) is 4.85. The molecule has 0 saturated heterocycles. The molecular formula is C23H31NO. The van der Waals surface area contributed by atoms with Crippen LogP contribution in [0.3, 0.4) is 0 Å². The lowest BCUT2D eigenvalue weighted by atomic mass is 9.83. The zero-order valence-electron chi connectivity index (χ0n) is 16.0. The van der Waals surface area contributed by atoms with Crippen molar-refractivity contribution in [3.63, 3.8) is 0 Å². The molecule has 2 heteroatoms. The van der Waals surface area contributed by atoms with Crippen molar-refractivity contribution >= 4 is 0 Å². The third-order valence-corrected chi connectivity index (χ3v) is 5.15. The van der Waals surface area contributed by atoms with Crippen molar-refractivity contribution in [3.05, 3.63) is 65.2 Å². The Kier molecular flexibility index (Phi) is 5.48. The molecule has 2 aromatic rings. The van der Waals surface area contributed by atoms with E-state index in [9.17, 15) is 0 Å². The molecule has 1 aliphatic heterocycles. The van der Waals surface area contributed by atoms with Gasteiger partial charge in [-0.2, -0.15) is 0 Å². The molecule has 0 radical (unpaired) electrons. The second kappa shape index (κ2) is 7.61. The molecule has 0 amide bonds. The van der Waals surface area contributed by atoms with E-state index in [4.69, 9.17) is 4.74 Å². The van der Waals surface area contributed by atoms with Crippen molar-refractivity contribution in [3.8, 4) is 5.75 Å². The lowest BCUT2D eigenvalue weighted by Crippen LogP contribution is -2.39. The van der Waals surface area contributed by atoms with E-state index in [0.29, 0.717) is 12.0 Å². The summed E-state index contributed by atoms with van der Waals surface area (Å²) in [5.41, 5.74) is 4.00. The molecule has 0 aliphatic carbocycles. The van der Waals surface area contributed by atoms with Crippen molar-refractivity contribution in [1.29, 1.82) is 0 Å². The Labute approximate surface area is 152 Å². The molecule has 0 aromatic heterocycles. The van der Waals surface area contributed by atoms with E-state index in [2.05, 4.69) is 81.5 Å². The largest absolute Gasteiger partial charge is 0.488 e. The van der Waals surface area contributed by atoms with Gasteiger partial charge < -0.3 is 10.1 Å². The van der Waals surface area contributed by atoms with Crippen LogP contribution < -0.4 is 10.1 Å². The highest BCUT2D eigenvalue weighted by molar-refractivity contribution is 5.42. The Morgan fingerprint density at radius 3 is 2.68 bits per heavy atom. The van der Waals surface area contributed by atoms with Crippen LogP contribution in [0.25, 0.3) is 0 Å². The summed E-state index contributed by atoms with van der Waals surface area (Å²) in [6, 6.07) is 17.8. The molecule has 134 valence electrons. The van der Waals surface area contributed by atoms with Crippen molar-refractivity contribution < 1.29 is 4.74 Å². The van der Waals surface area contributed by atoms with Crippen molar-refractivity contribution in [2.24, 2.45) is 0 Å². The van der Waals surface area contributed by atoms with Crippen LogP contribution in [0.2, 0.25) is 0 Å². The van der Waals surface area contributed by atoms with Gasteiger partial charge in [-0.05, 0) is 64.2 Å². The van der Waals surface area contributed by atoms with E-state index in [-0.39, 0.29) is 5.60 Å². The number of aryl methyl sites for hydroxylation is 2. The smallest absolute Gasteiger partial charge is 0.123 e. The van der Waals surface area contributed by atoms with Gasteiger partial charge in [0.1, 0.15) is 11.4 Å². The summed E-state index contributed by atoms with van der Waals surface area (Å²) in [5.74, 6) is 1.57. The number of hydrogen-bond donors (Lipinski definition) is 1. The predicted octanol–water partition coefficient (Wildman–Crippen LogP) is 5.25. The summed E-state index contributed by atoms with van der Waals surface area (Å²) >= 11 is 0. The first-order chi connectivity index (χ1) is 11.9. The lowest BCUT2D eigenvalue weighted by Gasteiger charge is -2.38. The summed E-state index contributed by atoms with van der Waals surface area (Å²) < 4.78 is 6.19. The van der Waals surface area contributed by atoms with Crippen LogP contribution in [0.1, 0.15) is 56.2 Å². The minimum atomic E-state index is -0.0954. The Balaban J connectivity index is 1.59. The fourth-order valence-corrected chi connectivity index (χ4v) is 3.78. The van der Waals surface area contributed by atoms with Crippen LogP contribution in [-0.4, -0.2) is 18.2 Å². The van der Waals surface area contributed by atoms with Crippen LogP contribution in [0, 0.1) is 6.92 Å². The van der Waals surface area contributed by atoms with Gasteiger partial charge >= 0.3 is 0 Å². The molecule has 2 unspecified atom stereocenters. The van der Waals surface area contributed by atoms with Crippen molar-refractivity contribution in [2.45, 2.75) is 64.5 Å². The summed E-state index contributed by atoms with van der Waals surface area (Å²) in [6.07, 6.45) is 3.35. The summed E-state index contributed by atoms with van der Waals surface area (Å²) in [6.45, 7) is 9.86. The first kappa shape index (κ1) is 18.0. The molecule has 0 saturated carbocycles. The minimum Gasteiger partial charge on any atom is -0.488 e. The van der Waals surface area contributed by atoms with Gasteiger partial charge in [0.2, 0.25) is 0 Å². The van der Waals surface area contributed by atoms with Gasteiger partial charge in [-0.3, -0.25) is 0 Å². The van der Waals surface area contributed by atoms with Crippen LogP contribution >= 0.6 is 0 Å². The minimum absolute atomic E-state index is 0.0954. The SMILES string of the molecule is Cc1ccc2c(c1)C(CNC(C)CCc1ccccc1)CC(C)(C)O2. The van der Waals surface area contributed by atoms with Gasteiger partial charge in [0, 0.05) is 18.5 Å². The molecule has 1 heterocycles. The highest BCUT2D eigenvalue weighted by Crippen LogP contribution is 2.40. The number of ether oxygens (including phenoxy) is 1. The van der Waals surface area contributed by atoms with E-state index in [0.717, 1.165) is 31.6 Å². The molecule has 25 heavy (non-hydrogen) atoms. The molecule has 0 spiro atoms. The first-order valence-electron chi connectivity index (χ1n) is 9.50. The molecule has 1 aliphatic rings. The number of hydrogen-bond acceptors (Lipinski definition) is 2. The molecular weight excluding hydrogens is 306 g/mol. The number of benzene rings is 2. The molecule has 2 nitrogen and oxygen atoms in total. The van der Waals surface area contributed by atoms with Gasteiger partial charge in [0.15, 0.2) is 0 Å². The Bertz CT molecular complexity index is 692. The predicted molar refractivity (Wildman–Crippen MR) is 105 cm³/mol. The molecule has 0 bridgehead atoms. The maximum Gasteiger partial charge on any atom is 0.123 e. The van der Waals surface area contributed by atoms with Gasteiger partial charge in [-0.1, -0.05) is 48.0 Å². The van der Waals surface area contributed by atoms with E-state index >= 15 is 0 Å². The summed E-state index contributed by atoms with van der Waals surface area (Å²) in [7, 11) is 0. The second-order valence-electron chi connectivity index (χ2n) is 8.14. The number of nitrogens with one attached hydrogen (secondary N) is 1. The zero-order chi connectivity index (χ0) is 17.9. The molecule has 0 fully saturated rings. The summed E-state index contributed by atoms with van der Waals surface area (Å²) in [5, 5.41) is 3.77. The average Bonchev–Trinajstić information content (AvgIpc) is 2.58. The van der Waals surface area contributed by atoms with Crippen LogP contribution in [0.4, 0.5) is 0 Å². The lowest BCUT2D eigenvalue weighted by molar-refractivity contribution is 0.0712. The monoisotopic (exact) mass is 337 g/mol. The van der Waals surface area contributed by atoms with Crippen LogP contribution in [0.15, 0.2) is 48.5 Å². The van der Waals surface area contributed by atoms with Gasteiger partial charge in [-0.15, -0.1) is 0 Å². The number of fused-ring (bicyclic) bond motifs is 1. The Hall–Kier alpha value is -1.80. The molecule has 3 rings (SSSR count). The van der Waals surface area contributed by atoms with E-state index in [1.54, 1.807) is 0 Å². The van der Waals surface area contributed by atoms with E-state index in [1.807, 2.05) is 0 Å². The van der Waals surface area contributed by atoms with Crippen LogP contribution in [0.5, 0.6) is 5.75 Å². The first-order valence-corrected chi connectivity index (χ1v) is 9.50. The quantitative estimate of drug-likeness (QED) is 0.777. The normalized spacial score (nSPS) is 19.8. The standard InChI is InChI=1S/C23H31NO/c1-17-10-13-22-21(14-17)20(15-23(3,4)25-22)16-24-18(2)11-12-19-8-6-5-7-9-19/h5-10,13-14,18,20,24H,11-12,15-16H2,1-4H3. The maximum absolute atomic E-state index is 6.19. The zero-order valence-corrected chi connectivity index (χ0v) is 16.0.